The summed E-state index contributed by atoms with van der Waals surface area (Å²) in [6.45, 7) is 0. The van der Waals surface area contributed by atoms with Crippen molar-refractivity contribution in [3.05, 3.63) is 162 Å². The van der Waals surface area contributed by atoms with Crippen LogP contribution in [0.2, 0.25) is 0 Å². The fourth-order valence-electron chi connectivity index (χ4n) is 9.26. The lowest BCUT2D eigenvalue weighted by molar-refractivity contribution is 0.490. The standard InChI is InChI=1S/C46H36N4/c1-2-16-32(17-3-1)49-39-24-12-9-21-36(39)41-42-37-22-10-13-25-40(37)50(45(42)34-19-7-6-18-33(34)44(41)49)46-47-38-23-11-8-20-35(38)43(48-46)31-27-26-29-14-4-5-15-30(29)28-31/h1-4,6-8,10-14,16-20,22-30,46-47H,5,9,15,21H2. The monoisotopic (exact) mass is 644 g/mol. The van der Waals surface area contributed by atoms with Crippen LogP contribution in [0.4, 0.5) is 5.69 Å². The van der Waals surface area contributed by atoms with Crippen LogP contribution in [0.1, 0.15) is 42.4 Å². The number of fused-ring (bicyclic) bond motifs is 12. The summed E-state index contributed by atoms with van der Waals surface area (Å²) in [5.74, 6) is 0.999. The van der Waals surface area contributed by atoms with Gasteiger partial charge >= 0.3 is 0 Å². The van der Waals surface area contributed by atoms with Crippen LogP contribution < -0.4 is 5.32 Å². The lowest BCUT2D eigenvalue weighted by Gasteiger charge is -2.31. The Labute approximate surface area is 291 Å². The summed E-state index contributed by atoms with van der Waals surface area (Å²) in [4.78, 5) is 5.67. The molecular formula is C46H36N4. The van der Waals surface area contributed by atoms with Crippen molar-refractivity contribution in [3.8, 4) is 5.69 Å². The van der Waals surface area contributed by atoms with Gasteiger partial charge in [-0.3, -0.25) is 0 Å². The Hall–Kier alpha value is -5.87. The van der Waals surface area contributed by atoms with Crippen LogP contribution in [0, 0.1) is 11.8 Å². The number of para-hydroxylation sites is 3. The highest BCUT2D eigenvalue weighted by molar-refractivity contribution is 6.33. The summed E-state index contributed by atoms with van der Waals surface area (Å²) in [7, 11) is 0. The maximum Gasteiger partial charge on any atom is 0.201 e. The second-order valence-electron chi connectivity index (χ2n) is 14.1. The molecule has 4 aliphatic rings. The van der Waals surface area contributed by atoms with Crippen molar-refractivity contribution in [2.24, 2.45) is 16.8 Å². The lowest BCUT2D eigenvalue weighted by atomic mass is 9.78. The van der Waals surface area contributed by atoms with Gasteiger partial charge in [0.25, 0.3) is 0 Å². The number of nitrogens with one attached hydrogen (secondary N) is 1. The molecule has 3 aliphatic carbocycles. The number of rotatable bonds is 3. The third kappa shape index (κ3) is 3.96. The number of aryl methyl sites for hydroxylation is 1. The summed E-state index contributed by atoms with van der Waals surface area (Å²) in [5.41, 5.74) is 12.2. The second-order valence-corrected chi connectivity index (χ2v) is 14.1. The molecule has 4 nitrogen and oxygen atoms in total. The second kappa shape index (κ2) is 10.8. The maximum absolute atomic E-state index is 5.67. The molecule has 0 amide bonds. The first-order chi connectivity index (χ1) is 24.8. The average molecular weight is 645 g/mol. The Balaban J connectivity index is 1.25. The zero-order valence-electron chi connectivity index (χ0n) is 27.8. The first kappa shape index (κ1) is 28.0. The molecule has 7 aromatic rings. The van der Waals surface area contributed by atoms with Crippen LogP contribution in [-0.2, 0) is 6.42 Å². The first-order valence-electron chi connectivity index (χ1n) is 18.1. The summed E-state index contributed by atoms with van der Waals surface area (Å²) in [6, 6.07) is 37.6. The third-order valence-corrected chi connectivity index (χ3v) is 11.4. The minimum atomic E-state index is -0.326. The minimum absolute atomic E-state index is 0.326. The van der Waals surface area contributed by atoms with Crippen molar-refractivity contribution in [3.63, 3.8) is 0 Å². The highest BCUT2D eigenvalue weighted by Crippen LogP contribution is 2.48. The first-order valence-corrected chi connectivity index (χ1v) is 18.1. The zero-order valence-corrected chi connectivity index (χ0v) is 27.8. The lowest BCUT2D eigenvalue weighted by Crippen LogP contribution is -2.26. The highest BCUT2D eigenvalue weighted by Gasteiger charge is 2.31. The number of hydrogen-bond donors (Lipinski definition) is 1. The number of allylic oxidation sites excluding steroid dienone is 7. The largest absolute Gasteiger partial charge is 0.346 e. The molecule has 50 heavy (non-hydrogen) atoms. The maximum atomic E-state index is 5.67. The minimum Gasteiger partial charge on any atom is -0.346 e. The van der Waals surface area contributed by atoms with Gasteiger partial charge in [-0.15, -0.1) is 0 Å². The topological polar surface area (TPSA) is 34.2 Å². The van der Waals surface area contributed by atoms with Gasteiger partial charge in [-0.05, 0) is 73.1 Å². The van der Waals surface area contributed by atoms with E-state index in [1.54, 1.807) is 0 Å². The Morgan fingerprint density at radius 1 is 0.680 bits per heavy atom. The number of nitrogens with zero attached hydrogens (tertiary/aromatic N) is 3. The van der Waals surface area contributed by atoms with E-state index in [4.69, 9.17) is 4.99 Å². The summed E-state index contributed by atoms with van der Waals surface area (Å²) < 4.78 is 5.00. The zero-order chi connectivity index (χ0) is 32.8. The van der Waals surface area contributed by atoms with E-state index >= 15 is 0 Å². The predicted octanol–water partition coefficient (Wildman–Crippen LogP) is 11.3. The number of aliphatic imine (C=N–C) groups is 1. The van der Waals surface area contributed by atoms with Crippen molar-refractivity contribution in [2.75, 3.05) is 5.32 Å². The van der Waals surface area contributed by atoms with Crippen LogP contribution in [0.25, 0.3) is 55.2 Å². The number of anilines is 1. The molecule has 1 aliphatic heterocycles. The predicted molar refractivity (Wildman–Crippen MR) is 209 cm³/mol. The van der Waals surface area contributed by atoms with Crippen LogP contribution in [0.3, 0.4) is 0 Å². The van der Waals surface area contributed by atoms with E-state index in [-0.39, 0.29) is 6.29 Å². The molecule has 3 heterocycles. The molecule has 3 atom stereocenters. The Bertz CT molecular complexity index is 2690. The highest BCUT2D eigenvalue weighted by atomic mass is 15.3. The van der Waals surface area contributed by atoms with E-state index in [1.165, 1.54) is 78.0 Å². The summed E-state index contributed by atoms with van der Waals surface area (Å²) in [6.07, 6.45) is 20.6. The van der Waals surface area contributed by atoms with E-state index in [0.29, 0.717) is 11.8 Å². The van der Waals surface area contributed by atoms with E-state index < -0.39 is 0 Å². The fraction of sp³-hybridized carbons (Fsp3) is 0.152. The van der Waals surface area contributed by atoms with Crippen molar-refractivity contribution < 1.29 is 0 Å². The van der Waals surface area contributed by atoms with E-state index in [1.807, 2.05) is 0 Å². The van der Waals surface area contributed by atoms with Crippen LogP contribution in [0.15, 0.2) is 150 Å². The molecule has 5 aromatic carbocycles. The van der Waals surface area contributed by atoms with E-state index in [2.05, 4.69) is 160 Å². The van der Waals surface area contributed by atoms with Gasteiger partial charge in [0.2, 0.25) is 6.29 Å². The van der Waals surface area contributed by atoms with E-state index in [0.717, 1.165) is 30.7 Å². The molecule has 0 saturated carbocycles. The number of benzene rings is 5. The Kier molecular flexibility index (Phi) is 6.06. The molecule has 0 bridgehead atoms. The quantitative estimate of drug-likeness (QED) is 0.191. The molecule has 0 radical (unpaired) electrons. The third-order valence-electron chi connectivity index (χ3n) is 11.4. The molecule has 0 saturated heterocycles. The molecule has 11 rings (SSSR count). The van der Waals surface area contributed by atoms with Crippen LogP contribution in [0.5, 0.6) is 0 Å². The SMILES string of the molecule is C1=Cc2c(c3c4c5ccccc5n(C5N=C(C6=CC7CCC=CC7C=C6)c6ccccc6N5)c4c4ccccc4c3n2-c2ccccc2)CC1. The number of aromatic nitrogens is 2. The molecule has 2 aromatic heterocycles. The van der Waals surface area contributed by atoms with Crippen LogP contribution >= 0.6 is 0 Å². The van der Waals surface area contributed by atoms with Crippen LogP contribution in [-0.4, -0.2) is 14.8 Å². The summed E-state index contributed by atoms with van der Waals surface area (Å²) >= 11 is 0. The molecular weight excluding hydrogens is 609 g/mol. The Morgan fingerprint density at radius 3 is 2.36 bits per heavy atom. The fourth-order valence-corrected chi connectivity index (χ4v) is 9.26. The van der Waals surface area contributed by atoms with Crippen molar-refractivity contribution in [2.45, 2.75) is 32.0 Å². The van der Waals surface area contributed by atoms with Gasteiger partial charge in [-0.25, -0.2) is 4.99 Å². The van der Waals surface area contributed by atoms with Gasteiger partial charge in [0, 0.05) is 55.5 Å². The molecule has 0 fully saturated rings. The average Bonchev–Trinajstić information content (AvgIpc) is 3.72. The normalized spacial score (nSPS) is 20.8. The molecule has 0 spiro atoms. The van der Waals surface area contributed by atoms with Crippen molar-refractivity contribution in [1.29, 1.82) is 0 Å². The van der Waals surface area contributed by atoms with Gasteiger partial charge in [-0.1, -0.05) is 115 Å². The molecule has 4 heteroatoms. The van der Waals surface area contributed by atoms with Gasteiger partial charge in [0.1, 0.15) is 0 Å². The van der Waals surface area contributed by atoms with Crippen molar-refractivity contribution in [1.82, 2.24) is 9.13 Å². The van der Waals surface area contributed by atoms with Gasteiger partial charge in [0.05, 0.1) is 22.3 Å². The smallest absolute Gasteiger partial charge is 0.201 e. The van der Waals surface area contributed by atoms with Gasteiger partial charge in [0.15, 0.2) is 0 Å². The molecule has 3 unspecified atom stereocenters. The molecule has 240 valence electrons. The number of hydrogen-bond acceptors (Lipinski definition) is 2. The Morgan fingerprint density at radius 2 is 1.46 bits per heavy atom. The molecule has 1 N–H and O–H groups in total. The van der Waals surface area contributed by atoms with E-state index in [9.17, 15) is 0 Å². The summed E-state index contributed by atoms with van der Waals surface area (Å²) in [5, 5.41) is 10.4. The van der Waals surface area contributed by atoms with Crippen molar-refractivity contribution >= 4 is 61.0 Å². The van der Waals surface area contributed by atoms with Gasteiger partial charge in [-0.2, -0.15) is 0 Å². The van der Waals surface area contributed by atoms with Gasteiger partial charge < -0.3 is 14.5 Å².